The van der Waals surface area contributed by atoms with Crippen LogP contribution in [0.4, 0.5) is 11.9 Å². The van der Waals surface area contributed by atoms with Crippen molar-refractivity contribution in [1.29, 1.82) is 0 Å². The van der Waals surface area contributed by atoms with Gasteiger partial charge in [0.2, 0.25) is 11.9 Å². The van der Waals surface area contributed by atoms with Gasteiger partial charge in [-0.05, 0) is 13.0 Å². The minimum absolute atomic E-state index is 0.149. The summed E-state index contributed by atoms with van der Waals surface area (Å²) in [5.74, 6) is 1.02. The molecule has 2 aromatic rings. The molecule has 0 fully saturated rings. The van der Waals surface area contributed by atoms with Crippen molar-refractivity contribution in [2.24, 2.45) is 4.99 Å². The van der Waals surface area contributed by atoms with Crippen molar-refractivity contribution in [2.45, 2.75) is 6.92 Å². The van der Waals surface area contributed by atoms with E-state index in [1.54, 1.807) is 6.08 Å². The molecule has 0 aliphatic heterocycles. The highest BCUT2D eigenvalue weighted by Crippen LogP contribution is 2.16. The van der Waals surface area contributed by atoms with Gasteiger partial charge < -0.3 is 11.1 Å². The van der Waals surface area contributed by atoms with Crippen LogP contribution in [0.2, 0.25) is 0 Å². The number of hydrogen-bond donors (Lipinski definition) is 2. The SMILES string of the molecule is C#C/N=C\C=C(/C)Nc1nc(N)nc(-c2ccccc2)n1. The summed E-state index contributed by atoms with van der Waals surface area (Å²) in [6, 6.07) is 11.7. The maximum Gasteiger partial charge on any atom is 0.232 e. The van der Waals surface area contributed by atoms with Crippen LogP contribution in [0, 0.1) is 12.5 Å². The first-order valence-electron chi connectivity index (χ1n) is 6.18. The lowest BCUT2D eigenvalue weighted by Crippen LogP contribution is -2.07. The number of nitrogens with one attached hydrogen (secondary N) is 1. The largest absolute Gasteiger partial charge is 0.368 e. The molecular weight excluding hydrogens is 264 g/mol. The van der Waals surface area contributed by atoms with Crippen molar-refractivity contribution < 1.29 is 0 Å². The van der Waals surface area contributed by atoms with Gasteiger partial charge >= 0.3 is 0 Å². The maximum absolute atomic E-state index is 5.72. The lowest BCUT2D eigenvalue weighted by Gasteiger charge is -2.07. The van der Waals surface area contributed by atoms with Gasteiger partial charge in [-0.3, -0.25) is 0 Å². The van der Waals surface area contributed by atoms with Crippen molar-refractivity contribution >= 4 is 18.1 Å². The standard InChI is InChI=1S/C15H14N6/c1-3-17-10-9-11(2)18-15-20-13(19-14(16)21-15)12-7-5-4-6-8-12/h1,4-10H,2H3,(H3,16,18,19,20,21)/b11-9+,17-10-. The third-order valence-electron chi connectivity index (χ3n) is 2.47. The fourth-order valence-electron chi connectivity index (χ4n) is 1.57. The van der Waals surface area contributed by atoms with Crippen LogP contribution in [0.25, 0.3) is 11.4 Å². The second kappa shape index (κ2) is 6.82. The van der Waals surface area contributed by atoms with Crippen molar-refractivity contribution in [1.82, 2.24) is 15.0 Å². The molecule has 0 aliphatic carbocycles. The first-order chi connectivity index (χ1) is 10.2. The Balaban J connectivity index is 2.26. The molecular formula is C15H14N6. The zero-order valence-corrected chi connectivity index (χ0v) is 11.5. The number of nitrogens with two attached hydrogens (primary N) is 1. The van der Waals surface area contributed by atoms with E-state index in [-0.39, 0.29) is 5.95 Å². The van der Waals surface area contributed by atoms with Crippen LogP contribution >= 0.6 is 0 Å². The number of allylic oxidation sites excluding steroid dienone is 2. The van der Waals surface area contributed by atoms with E-state index in [1.165, 1.54) is 6.21 Å². The number of rotatable bonds is 4. The zero-order chi connectivity index (χ0) is 15.1. The number of aliphatic imine (C=N–C) groups is 1. The van der Waals surface area contributed by atoms with Gasteiger partial charge in [0.05, 0.1) is 0 Å². The minimum atomic E-state index is 0.149. The number of nitrogens with zero attached hydrogens (tertiary/aromatic N) is 4. The van der Waals surface area contributed by atoms with Gasteiger partial charge in [0, 0.05) is 23.5 Å². The quantitative estimate of drug-likeness (QED) is 0.660. The van der Waals surface area contributed by atoms with Gasteiger partial charge in [0.15, 0.2) is 5.82 Å². The van der Waals surface area contributed by atoms with Crippen molar-refractivity contribution in [3.05, 3.63) is 42.1 Å². The predicted molar refractivity (Wildman–Crippen MR) is 84.4 cm³/mol. The molecule has 1 aromatic heterocycles. The Kier molecular flexibility index (Phi) is 4.62. The third kappa shape index (κ3) is 4.14. The molecule has 0 spiro atoms. The summed E-state index contributed by atoms with van der Waals surface area (Å²) in [5.41, 5.74) is 7.36. The average molecular weight is 278 g/mol. The number of anilines is 2. The molecule has 6 nitrogen and oxygen atoms in total. The van der Waals surface area contributed by atoms with Crippen molar-refractivity contribution in [3.63, 3.8) is 0 Å². The van der Waals surface area contributed by atoms with E-state index in [9.17, 15) is 0 Å². The van der Waals surface area contributed by atoms with E-state index in [0.29, 0.717) is 11.8 Å². The van der Waals surface area contributed by atoms with Crippen molar-refractivity contribution in [2.75, 3.05) is 11.1 Å². The molecule has 21 heavy (non-hydrogen) atoms. The Bertz CT molecular complexity index is 713. The Hall–Kier alpha value is -3.20. The van der Waals surface area contributed by atoms with Gasteiger partial charge in [-0.1, -0.05) is 36.8 Å². The van der Waals surface area contributed by atoms with Crippen LogP contribution < -0.4 is 11.1 Å². The fraction of sp³-hybridized carbons (Fsp3) is 0.0667. The van der Waals surface area contributed by atoms with E-state index in [4.69, 9.17) is 12.2 Å². The predicted octanol–water partition coefficient (Wildman–Crippen LogP) is 2.10. The topological polar surface area (TPSA) is 89.1 Å². The summed E-state index contributed by atoms with van der Waals surface area (Å²) >= 11 is 0. The molecule has 1 heterocycles. The first kappa shape index (κ1) is 14.2. The van der Waals surface area contributed by atoms with E-state index >= 15 is 0 Å². The zero-order valence-electron chi connectivity index (χ0n) is 11.5. The number of terminal acetylenes is 1. The number of aromatic nitrogens is 3. The van der Waals surface area contributed by atoms with Crippen LogP contribution in [-0.2, 0) is 0 Å². The van der Waals surface area contributed by atoms with Crippen molar-refractivity contribution in [3.8, 4) is 23.9 Å². The van der Waals surface area contributed by atoms with Gasteiger partial charge in [-0.25, -0.2) is 4.99 Å². The molecule has 0 atom stereocenters. The van der Waals surface area contributed by atoms with E-state index in [2.05, 4.69) is 31.3 Å². The molecule has 0 saturated heterocycles. The van der Waals surface area contributed by atoms with Crippen LogP contribution in [0.15, 0.2) is 47.1 Å². The van der Waals surface area contributed by atoms with E-state index in [0.717, 1.165) is 11.3 Å². The number of nitrogen functional groups attached to an aromatic ring is 1. The molecule has 2 rings (SSSR count). The Morgan fingerprint density at radius 3 is 2.76 bits per heavy atom. The van der Waals surface area contributed by atoms with Crippen LogP contribution in [-0.4, -0.2) is 21.2 Å². The highest BCUT2D eigenvalue weighted by atomic mass is 15.2. The summed E-state index contributed by atoms with van der Waals surface area (Å²) in [7, 11) is 0. The molecule has 0 bridgehead atoms. The second-order valence-electron chi connectivity index (χ2n) is 4.09. The summed E-state index contributed by atoms with van der Waals surface area (Å²) in [5, 5.41) is 3.01. The lowest BCUT2D eigenvalue weighted by molar-refractivity contribution is 1.06. The Morgan fingerprint density at radius 1 is 1.29 bits per heavy atom. The fourth-order valence-corrected chi connectivity index (χ4v) is 1.57. The summed E-state index contributed by atoms with van der Waals surface area (Å²) in [6.45, 7) is 1.84. The Morgan fingerprint density at radius 2 is 2.05 bits per heavy atom. The molecule has 0 amide bonds. The summed E-state index contributed by atoms with van der Waals surface area (Å²) in [4.78, 5) is 16.2. The highest BCUT2D eigenvalue weighted by Gasteiger charge is 2.06. The van der Waals surface area contributed by atoms with Crippen LogP contribution in [0.5, 0.6) is 0 Å². The Labute approximate surface area is 122 Å². The molecule has 0 saturated carbocycles. The highest BCUT2D eigenvalue weighted by molar-refractivity contribution is 5.73. The number of benzene rings is 1. The maximum atomic E-state index is 5.72. The monoisotopic (exact) mass is 278 g/mol. The number of hydrogen-bond acceptors (Lipinski definition) is 6. The van der Waals surface area contributed by atoms with Gasteiger partial charge in [-0.15, -0.1) is 0 Å². The normalized spacial score (nSPS) is 11.3. The molecule has 0 aliphatic rings. The second-order valence-corrected chi connectivity index (χ2v) is 4.09. The first-order valence-corrected chi connectivity index (χ1v) is 6.18. The van der Waals surface area contributed by atoms with Crippen LogP contribution in [0.3, 0.4) is 0 Å². The van der Waals surface area contributed by atoms with Gasteiger partial charge in [0.1, 0.15) is 0 Å². The summed E-state index contributed by atoms with van der Waals surface area (Å²) < 4.78 is 0. The molecule has 104 valence electrons. The molecule has 3 N–H and O–H groups in total. The van der Waals surface area contributed by atoms with Crippen LogP contribution in [0.1, 0.15) is 6.92 Å². The smallest absolute Gasteiger partial charge is 0.232 e. The third-order valence-corrected chi connectivity index (χ3v) is 2.47. The lowest BCUT2D eigenvalue weighted by atomic mass is 10.2. The molecule has 0 radical (unpaired) electrons. The van der Waals surface area contributed by atoms with Gasteiger partial charge in [-0.2, -0.15) is 15.0 Å². The minimum Gasteiger partial charge on any atom is -0.368 e. The summed E-state index contributed by atoms with van der Waals surface area (Å²) in [6.07, 6.45) is 8.24. The molecule has 1 aromatic carbocycles. The van der Waals surface area contributed by atoms with E-state index < -0.39 is 0 Å². The van der Waals surface area contributed by atoms with E-state index in [1.807, 2.05) is 37.3 Å². The average Bonchev–Trinajstić information content (AvgIpc) is 2.48. The van der Waals surface area contributed by atoms with Gasteiger partial charge in [0.25, 0.3) is 0 Å². The molecule has 6 heteroatoms. The molecule has 0 unspecified atom stereocenters.